The number of alkyl halides is 3. The lowest BCUT2D eigenvalue weighted by molar-refractivity contribution is -0.0675. The second kappa shape index (κ2) is 8.95. The standard InChI is InChI=1S/C22H24F4N8O/c1-32-9-6-17(22(25,26)12-32)27-21-28-20(35-2)19-18(14(24)11-34(19)30-21)13-4-5-15-16(10-13)33(31-29-15)8-3-7-23/h4-5,10-11,17H,3,6-9,12H2,1-2H3,(H,27,30). The zero-order valence-corrected chi connectivity index (χ0v) is 19.2. The molecule has 0 radical (unpaired) electrons. The molecule has 4 aromatic rings. The molecule has 1 N–H and O–H groups in total. The number of piperidine rings is 1. The van der Waals surface area contributed by atoms with Gasteiger partial charge < -0.3 is 15.0 Å². The molecule has 186 valence electrons. The van der Waals surface area contributed by atoms with Crippen molar-refractivity contribution >= 4 is 22.5 Å². The quantitative estimate of drug-likeness (QED) is 0.396. The lowest BCUT2D eigenvalue weighted by Gasteiger charge is -2.36. The summed E-state index contributed by atoms with van der Waals surface area (Å²) in [4.78, 5) is 5.82. The molecule has 0 aliphatic carbocycles. The van der Waals surface area contributed by atoms with Crippen molar-refractivity contribution in [1.29, 1.82) is 0 Å². The number of anilines is 1. The van der Waals surface area contributed by atoms with Crippen LogP contribution in [0.5, 0.6) is 5.88 Å². The zero-order chi connectivity index (χ0) is 24.7. The Morgan fingerprint density at radius 1 is 1.29 bits per heavy atom. The summed E-state index contributed by atoms with van der Waals surface area (Å²) in [5.41, 5.74) is 2.12. The number of aryl methyl sites for hydroxylation is 1. The third-order valence-electron chi connectivity index (χ3n) is 6.15. The third-order valence-corrected chi connectivity index (χ3v) is 6.15. The fourth-order valence-electron chi connectivity index (χ4n) is 4.44. The van der Waals surface area contributed by atoms with Gasteiger partial charge >= 0.3 is 0 Å². The van der Waals surface area contributed by atoms with Gasteiger partial charge in [0.15, 0.2) is 5.82 Å². The number of benzene rings is 1. The number of hydrogen-bond donors (Lipinski definition) is 1. The van der Waals surface area contributed by atoms with Crippen LogP contribution in [0.2, 0.25) is 0 Å². The maximum absolute atomic E-state index is 15.2. The summed E-state index contributed by atoms with van der Waals surface area (Å²) in [6.45, 7) is -0.0491. The average Bonchev–Trinajstić information content (AvgIpc) is 3.37. The van der Waals surface area contributed by atoms with Gasteiger partial charge in [-0.15, -0.1) is 10.2 Å². The number of rotatable bonds is 7. The van der Waals surface area contributed by atoms with Gasteiger partial charge in [0.05, 0.1) is 43.6 Å². The van der Waals surface area contributed by atoms with Gasteiger partial charge in [-0.1, -0.05) is 11.3 Å². The van der Waals surface area contributed by atoms with Crippen LogP contribution < -0.4 is 10.1 Å². The van der Waals surface area contributed by atoms with Crippen LogP contribution in [0.4, 0.5) is 23.5 Å². The molecule has 1 atom stereocenters. The molecule has 9 nitrogen and oxygen atoms in total. The maximum atomic E-state index is 15.2. The van der Waals surface area contributed by atoms with Crippen LogP contribution in [0, 0.1) is 5.82 Å². The van der Waals surface area contributed by atoms with Gasteiger partial charge in [0, 0.05) is 13.1 Å². The molecular weight excluding hydrogens is 468 g/mol. The van der Waals surface area contributed by atoms with Crippen molar-refractivity contribution in [2.75, 3.05) is 39.2 Å². The van der Waals surface area contributed by atoms with Crippen molar-refractivity contribution < 1.29 is 22.3 Å². The zero-order valence-electron chi connectivity index (χ0n) is 19.2. The Kier molecular flexibility index (Phi) is 5.95. The summed E-state index contributed by atoms with van der Waals surface area (Å²) in [6, 6.07) is 3.91. The van der Waals surface area contributed by atoms with Crippen LogP contribution >= 0.6 is 0 Å². The molecule has 5 rings (SSSR count). The van der Waals surface area contributed by atoms with E-state index in [0.29, 0.717) is 29.7 Å². The Morgan fingerprint density at radius 3 is 2.86 bits per heavy atom. The number of hydrogen-bond acceptors (Lipinski definition) is 7. The normalized spacial score (nSPS) is 18.4. The Balaban J connectivity index is 1.55. The lowest BCUT2D eigenvalue weighted by atomic mass is 10.0. The number of nitrogens with zero attached hydrogens (tertiary/aromatic N) is 7. The average molecular weight is 492 g/mol. The molecule has 1 unspecified atom stereocenters. The third kappa shape index (κ3) is 4.24. The number of halogens is 4. The van der Waals surface area contributed by atoms with Crippen LogP contribution in [0.3, 0.4) is 0 Å². The van der Waals surface area contributed by atoms with Gasteiger partial charge in [0.1, 0.15) is 11.0 Å². The summed E-state index contributed by atoms with van der Waals surface area (Å²) in [6.07, 6.45) is 1.62. The predicted octanol–water partition coefficient (Wildman–Crippen LogP) is 3.40. The minimum absolute atomic E-state index is 0.0294. The fourth-order valence-corrected chi connectivity index (χ4v) is 4.44. The number of aromatic nitrogens is 6. The van der Waals surface area contributed by atoms with Gasteiger partial charge in [-0.05, 0) is 37.6 Å². The van der Waals surface area contributed by atoms with Gasteiger partial charge in [0.25, 0.3) is 5.92 Å². The van der Waals surface area contributed by atoms with Crippen LogP contribution in [-0.4, -0.2) is 80.4 Å². The van der Waals surface area contributed by atoms with E-state index in [4.69, 9.17) is 4.74 Å². The molecule has 0 spiro atoms. The molecule has 1 fully saturated rings. The van der Waals surface area contributed by atoms with E-state index >= 15 is 4.39 Å². The maximum Gasteiger partial charge on any atom is 0.280 e. The SMILES string of the molecule is COc1nc(NC2CCN(C)CC2(F)F)nn2cc(F)c(-c3ccc4nnn(CCCF)c4c3)c12. The molecule has 4 heterocycles. The molecule has 1 aliphatic rings. The smallest absolute Gasteiger partial charge is 0.280 e. The lowest BCUT2D eigenvalue weighted by Crippen LogP contribution is -2.53. The first-order valence-corrected chi connectivity index (χ1v) is 11.2. The van der Waals surface area contributed by atoms with E-state index in [9.17, 15) is 13.2 Å². The molecule has 0 saturated carbocycles. The Labute approximate surface area is 197 Å². The van der Waals surface area contributed by atoms with E-state index in [1.807, 2.05) is 0 Å². The van der Waals surface area contributed by atoms with Crippen molar-refractivity contribution in [2.45, 2.75) is 31.4 Å². The molecule has 13 heteroatoms. The number of nitrogens with one attached hydrogen (secondary N) is 1. The topological polar surface area (TPSA) is 85.4 Å². The molecule has 0 amide bonds. The summed E-state index contributed by atoms with van der Waals surface area (Å²) in [5.74, 6) is -3.64. The second-order valence-corrected chi connectivity index (χ2v) is 8.63. The largest absolute Gasteiger partial charge is 0.479 e. The number of likely N-dealkylation sites (tertiary alicyclic amines) is 1. The summed E-state index contributed by atoms with van der Waals surface area (Å²) in [5, 5.41) is 15.0. The molecule has 1 saturated heterocycles. The van der Waals surface area contributed by atoms with Crippen LogP contribution in [0.1, 0.15) is 12.8 Å². The van der Waals surface area contributed by atoms with E-state index in [2.05, 4.69) is 25.7 Å². The number of ether oxygens (including phenoxy) is 1. The Bertz CT molecular complexity index is 1370. The van der Waals surface area contributed by atoms with E-state index in [1.165, 1.54) is 11.6 Å². The van der Waals surface area contributed by atoms with Gasteiger partial charge in [0.2, 0.25) is 11.8 Å². The molecule has 1 aromatic carbocycles. The van der Waals surface area contributed by atoms with Crippen molar-refractivity contribution in [2.24, 2.45) is 0 Å². The molecular formula is C22H24F4N8O. The van der Waals surface area contributed by atoms with E-state index in [0.717, 1.165) is 6.20 Å². The molecule has 35 heavy (non-hydrogen) atoms. The minimum Gasteiger partial charge on any atom is -0.479 e. The van der Waals surface area contributed by atoms with Crippen molar-refractivity contribution in [3.05, 3.63) is 30.2 Å². The molecule has 3 aromatic heterocycles. The molecule has 0 bridgehead atoms. The second-order valence-electron chi connectivity index (χ2n) is 8.63. The van der Waals surface area contributed by atoms with Gasteiger partial charge in [-0.25, -0.2) is 22.4 Å². The van der Waals surface area contributed by atoms with Crippen molar-refractivity contribution in [3.63, 3.8) is 0 Å². The number of methoxy groups -OCH3 is 1. The van der Waals surface area contributed by atoms with Crippen LogP contribution in [0.15, 0.2) is 24.4 Å². The number of fused-ring (bicyclic) bond motifs is 2. The molecule has 1 aliphatic heterocycles. The van der Waals surface area contributed by atoms with E-state index in [1.54, 1.807) is 34.8 Å². The first-order chi connectivity index (χ1) is 16.8. The summed E-state index contributed by atoms with van der Waals surface area (Å²) < 4.78 is 65.1. The highest BCUT2D eigenvalue weighted by Crippen LogP contribution is 2.36. The first kappa shape index (κ1) is 23.3. The monoisotopic (exact) mass is 492 g/mol. The van der Waals surface area contributed by atoms with Crippen LogP contribution in [0.25, 0.3) is 27.7 Å². The van der Waals surface area contributed by atoms with Crippen molar-refractivity contribution in [3.8, 4) is 17.0 Å². The van der Waals surface area contributed by atoms with Gasteiger partial charge in [-0.3, -0.25) is 4.39 Å². The minimum atomic E-state index is -2.99. The van der Waals surface area contributed by atoms with E-state index < -0.39 is 24.5 Å². The fraction of sp³-hybridized carbons (Fsp3) is 0.455. The highest BCUT2D eigenvalue weighted by molar-refractivity contribution is 5.89. The summed E-state index contributed by atoms with van der Waals surface area (Å²) >= 11 is 0. The van der Waals surface area contributed by atoms with Crippen molar-refractivity contribution in [1.82, 2.24) is 34.5 Å². The first-order valence-electron chi connectivity index (χ1n) is 11.2. The Hall–Kier alpha value is -3.48. The van der Waals surface area contributed by atoms with E-state index in [-0.39, 0.29) is 42.3 Å². The van der Waals surface area contributed by atoms with Crippen LogP contribution in [-0.2, 0) is 6.54 Å². The van der Waals surface area contributed by atoms with Gasteiger partial charge in [-0.2, -0.15) is 4.98 Å². The highest BCUT2D eigenvalue weighted by atomic mass is 19.3. The highest BCUT2D eigenvalue weighted by Gasteiger charge is 2.44. The predicted molar refractivity (Wildman–Crippen MR) is 121 cm³/mol. The summed E-state index contributed by atoms with van der Waals surface area (Å²) in [7, 11) is 3.01. The Morgan fingerprint density at radius 2 is 2.11 bits per heavy atom.